The van der Waals surface area contributed by atoms with Gasteiger partial charge in [-0.3, -0.25) is 0 Å². The van der Waals surface area contributed by atoms with E-state index in [1.165, 1.54) is 24.9 Å². The molecule has 1 aliphatic carbocycles. The molecule has 1 aromatic carbocycles. The second kappa shape index (κ2) is 5.92. The number of hydrogen-bond acceptors (Lipinski definition) is 4. The molecule has 0 bridgehead atoms. The van der Waals surface area contributed by atoms with Crippen LogP contribution in [0.5, 0.6) is 11.5 Å². The highest BCUT2D eigenvalue weighted by atomic mass is 16.5. The van der Waals surface area contributed by atoms with E-state index in [0.29, 0.717) is 6.04 Å². The van der Waals surface area contributed by atoms with Gasteiger partial charge in [0.15, 0.2) is 11.5 Å². The quantitative estimate of drug-likeness (QED) is 0.915. The van der Waals surface area contributed by atoms with Crippen molar-refractivity contribution in [2.24, 2.45) is 5.92 Å². The highest BCUT2D eigenvalue weighted by Crippen LogP contribution is 2.36. The first kappa shape index (κ1) is 13.6. The molecule has 0 aromatic heterocycles. The topological polar surface area (TPSA) is 33.7 Å². The summed E-state index contributed by atoms with van der Waals surface area (Å²) in [5.74, 6) is 2.49. The summed E-state index contributed by atoms with van der Waals surface area (Å²) in [6.07, 6.45) is 3.96. The minimum Gasteiger partial charge on any atom is -0.493 e. The predicted molar refractivity (Wildman–Crippen MR) is 80.9 cm³/mol. The third-order valence-electron chi connectivity index (χ3n) is 4.35. The molecular formula is C16H24N2O2. The van der Waals surface area contributed by atoms with Gasteiger partial charge in [-0.15, -0.1) is 0 Å². The lowest BCUT2D eigenvalue weighted by Crippen LogP contribution is -2.39. The molecule has 1 saturated carbocycles. The Labute approximate surface area is 121 Å². The monoisotopic (exact) mass is 276 g/mol. The van der Waals surface area contributed by atoms with Crippen molar-refractivity contribution in [3.8, 4) is 11.5 Å². The third kappa shape index (κ3) is 2.85. The number of methoxy groups -OCH3 is 2. The first-order chi connectivity index (χ1) is 9.81. The molecule has 0 radical (unpaired) electrons. The number of nitrogens with zero attached hydrogens (tertiary/aromatic N) is 1. The molecule has 1 unspecified atom stereocenters. The SMILES string of the molecule is COc1ccc(N2CCCNC(C3CC3)C2)cc1OC. The van der Waals surface area contributed by atoms with Gasteiger partial charge in [-0.05, 0) is 43.9 Å². The Bertz CT molecular complexity index is 460. The van der Waals surface area contributed by atoms with E-state index in [4.69, 9.17) is 9.47 Å². The molecule has 2 aliphatic rings. The highest BCUT2D eigenvalue weighted by Gasteiger charge is 2.33. The van der Waals surface area contributed by atoms with E-state index in [1.807, 2.05) is 6.07 Å². The molecule has 3 rings (SSSR count). The molecule has 20 heavy (non-hydrogen) atoms. The maximum absolute atomic E-state index is 5.42. The molecule has 1 atom stereocenters. The van der Waals surface area contributed by atoms with Gasteiger partial charge in [0, 0.05) is 30.9 Å². The van der Waals surface area contributed by atoms with Crippen molar-refractivity contribution in [3.05, 3.63) is 18.2 Å². The average molecular weight is 276 g/mol. The predicted octanol–water partition coefficient (Wildman–Crippen LogP) is 2.28. The molecule has 1 N–H and O–H groups in total. The van der Waals surface area contributed by atoms with E-state index in [9.17, 15) is 0 Å². The van der Waals surface area contributed by atoms with Gasteiger partial charge in [-0.2, -0.15) is 0 Å². The van der Waals surface area contributed by atoms with E-state index in [1.54, 1.807) is 14.2 Å². The van der Waals surface area contributed by atoms with Crippen LogP contribution in [0.3, 0.4) is 0 Å². The Kier molecular flexibility index (Phi) is 4.01. The van der Waals surface area contributed by atoms with E-state index >= 15 is 0 Å². The summed E-state index contributed by atoms with van der Waals surface area (Å²) in [5.41, 5.74) is 1.23. The summed E-state index contributed by atoms with van der Waals surface area (Å²) in [5, 5.41) is 3.70. The number of rotatable bonds is 4. The molecule has 110 valence electrons. The molecule has 4 nitrogen and oxygen atoms in total. The van der Waals surface area contributed by atoms with Crippen LogP contribution in [0, 0.1) is 5.92 Å². The van der Waals surface area contributed by atoms with E-state index < -0.39 is 0 Å². The molecule has 0 spiro atoms. The van der Waals surface area contributed by atoms with Crippen LogP contribution in [0.4, 0.5) is 5.69 Å². The van der Waals surface area contributed by atoms with Crippen molar-refractivity contribution >= 4 is 5.69 Å². The van der Waals surface area contributed by atoms with Gasteiger partial charge < -0.3 is 19.7 Å². The van der Waals surface area contributed by atoms with Gasteiger partial charge in [0.25, 0.3) is 0 Å². The summed E-state index contributed by atoms with van der Waals surface area (Å²) in [6.45, 7) is 3.33. The zero-order valence-corrected chi connectivity index (χ0v) is 12.4. The summed E-state index contributed by atoms with van der Waals surface area (Å²) < 4.78 is 10.7. The normalized spacial score (nSPS) is 23.3. The van der Waals surface area contributed by atoms with Gasteiger partial charge in [0.1, 0.15) is 0 Å². The lowest BCUT2D eigenvalue weighted by atomic mass is 10.1. The first-order valence-electron chi connectivity index (χ1n) is 7.52. The van der Waals surface area contributed by atoms with Crippen molar-refractivity contribution in [3.63, 3.8) is 0 Å². The summed E-state index contributed by atoms with van der Waals surface area (Å²) in [4.78, 5) is 2.48. The lowest BCUT2D eigenvalue weighted by molar-refractivity contribution is 0.355. The number of anilines is 1. The second-order valence-corrected chi connectivity index (χ2v) is 5.74. The molecule has 1 aromatic rings. The number of nitrogens with one attached hydrogen (secondary N) is 1. The minimum atomic E-state index is 0.644. The maximum Gasteiger partial charge on any atom is 0.162 e. The minimum absolute atomic E-state index is 0.644. The Hall–Kier alpha value is -1.42. The Balaban J connectivity index is 1.79. The van der Waals surface area contributed by atoms with Gasteiger partial charge >= 0.3 is 0 Å². The molecular weight excluding hydrogens is 252 g/mol. The second-order valence-electron chi connectivity index (χ2n) is 5.74. The third-order valence-corrected chi connectivity index (χ3v) is 4.35. The van der Waals surface area contributed by atoms with Gasteiger partial charge in [-0.25, -0.2) is 0 Å². The lowest BCUT2D eigenvalue weighted by Gasteiger charge is -2.27. The van der Waals surface area contributed by atoms with Crippen LogP contribution in [0.15, 0.2) is 18.2 Å². The number of ether oxygens (including phenoxy) is 2. The Morgan fingerprint density at radius 1 is 1.15 bits per heavy atom. The van der Waals surface area contributed by atoms with Gasteiger partial charge in [0.2, 0.25) is 0 Å². The first-order valence-corrected chi connectivity index (χ1v) is 7.52. The van der Waals surface area contributed by atoms with E-state index in [2.05, 4.69) is 22.3 Å². The molecule has 4 heteroatoms. The molecule has 1 saturated heterocycles. The Morgan fingerprint density at radius 2 is 1.95 bits per heavy atom. The number of hydrogen-bond donors (Lipinski definition) is 1. The van der Waals surface area contributed by atoms with Crippen molar-refractivity contribution in [2.45, 2.75) is 25.3 Å². The fourth-order valence-corrected chi connectivity index (χ4v) is 3.02. The summed E-state index contributed by atoms with van der Waals surface area (Å²) >= 11 is 0. The highest BCUT2D eigenvalue weighted by molar-refractivity contribution is 5.56. The summed E-state index contributed by atoms with van der Waals surface area (Å²) in [6, 6.07) is 6.87. The van der Waals surface area contributed by atoms with Crippen molar-refractivity contribution in [1.82, 2.24) is 5.32 Å². The standard InChI is InChI=1S/C16H24N2O2/c1-19-15-7-6-13(10-16(15)20-2)18-9-3-8-17-14(11-18)12-4-5-12/h6-7,10,12,14,17H,3-5,8-9,11H2,1-2H3. The largest absolute Gasteiger partial charge is 0.493 e. The van der Waals surface area contributed by atoms with Crippen LogP contribution >= 0.6 is 0 Å². The zero-order valence-electron chi connectivity index (χ0n) is 12.4. The van der Waals surface area contributed by atoms with Crippen LogP contribution in [-0.4, -0.2) is 39.9 Å². The van der Waals surface area contributed by atoms with Crippen molar-refractivity contribution in [1.29, 1.82) is 0 Å². The van der Waals surface area contributed by atoms with E-state index in [-0.39, 0.29) is 0 Å². The number of benzene rings is 1. The average Bonchev–Trinajstić information content (AvgIpc) is 3.31. The molecule has 0 amide bonds. The van der Waals surface area contributed by atoms with Crippen molar-refractivity contribution in [2.75, 3.05) is 38.8 Å². The molecule has 1 heterocycles. The van der Waals surface area contributed by atoms with Crippen LogP contribution in [0.2, 0.25) is 0 Å². The molecule has 1 aliphatic heterocycles. The maximum atomic E-state index is 5.42. The zero-order chi connectivity index (χ0) is 13.9. The summed E-state index contributed by atoms with van der Waals surface area (Å²) in [7, 11) is 3.37. The fraction of sp³-hybridized carbons (Fsp3) is 0.625. The van der Waals surface area contributed by atoms with Gasteiger partial charge in [0.05, 0.1) is 14.2 Å². The van der Waals surface area contributed by atoms with Crippen LogP contribution in [0.1, 0.15) is 19.3 Å². The smallest absolute Gasteiger partial charge is 0.162 e. The Morgan fingerprint density at radius 3 is 2.65 bits per heavy atom. The van der Waals surface area contributed by atoms with Crippen LogP contribution in [0.25, 0.3) is 0 Å². The van der Waals surface area contributed by atoms with E-state index in [0.717, 1.165) is 37.1 Å². The van der Waals surface area contributed by atoms with Crippen LogP contribution < -0.4 is 19.7 Å². The van der Waals surface area contributed by atoms with Gasteiger partial charge in [-0.1, -0.05) is 0 Å². The molecule has 2 fully saturated rings. The fourth-order valence-electron chi connectivity index (χ4n) is 3.02. The van der Waals surface area contributed by atoms with Crippen LogP contribution in [-0.2, 0) is 0 Å². The van der Waals surface area contributed by atoms with Crippen molar-refractivity contribution < 1.29 is 9.47 Å².